The average molecular weight is 271 g/mol. The van der Waals surface area contributed by atoms with Crippen LogP contribution in [0.5, 0.6) is 0 Å². The van der Waals surface area contributed by atoms with E-state index in [-0.39, 0.29) is 28.9 Å². The zero-order chi connectivity index (χ0) is 13.5. The van der Waals surface area contributed by atoms with Crippen molar-refractivity contribution in [3.05, 3.63) is 23.0 Å². The molecule has 1 aromatic rings. The number of carbonyl (C=O) groups is 2. The Morgan fingerprint density at radius 2 is 2.17 bits per heavy atom. The number of nitrogens with zero attached hydrogens (tertiary/aromatic N) is 1. The van der Waals surface area contributed by atoms with Gasteiger partial charge in [-0.25, -0.2) is 4.98 Å². The van der Waals surface area contributed by atoms with Crippen LogP contribution in [0.4, 0.5) is 5.69 Å². The molecule has 0 saturated carbocycles. The number of rotatable bonds is 5. The van der Waals surface area contributed by atoms with Crippen molar-refractivity contribution in [1.82, 2.24) is 15.6 Å². The van der Waals surface area contributed by atoms with Crippen LogP contribution in [0.1, 0.15) is 23.7 Å². The molecular weight excluding hydrogens is 256 g/mol. The van der Waals surface area contributed by atoms with Crippen molar-refractivity contribution in [3.8, 4) is 0 Å². The molecule has 2 amide bonds. The number of pyridine rings is 1. The van der Waals surface area contributed by atoms with Gasteiger partial charge in [-0.15, -0.1) is 0 Å². The van der Waals surface area contributed by atoms with Crippen molar-refractivity contribution in [2.24, 2.45) is 0 Å². The summed E-state index contributed by atoms with van der Waals surface area (Å²) in [5, 5.41) is 5.27. The molecule has 0 aromatic carbocycles. The van der Waals surface area contributed by atoms with Crippen molar-refractivity contribution in [2.75, 3.05) is 18.8 Å². The van der Waals surface area contributed by atoms with E-state index in [0.717, 1.165) is 6.42 Å². The maximum atomic E-state index is 11.7. The van der Waals surface area contributed by atoms with Crippen LogP contribution in [0.15, 0.2) is 12.3 Å². The highest BCUT2D eigenvalue weighted by atomic mass is 35.5. The monoisotopic (exact) mass is 270 g/mol. The maximum Gasteiger partial charge on any atom is 0.253 e. The third-order valence-corrected chi connectivity index (χ3v) is 2.33. The SMILES string of the molecule is CCCNC(=O)CNC(=O)c1cc(Cl)ncc1N. The molecule has 0 unspecified atom stereocenters. The standard InChI is InChI=1S/C11H15ClN4O2/c1-2-3-14-10(17)6-16-11(18)7-4-9(12)15-5-8(7)13/h4-5H,2-3,6,13H2,1H3,(H,14,17)(H,16,18). The summed E-state index contributed by atoms with van der Waals surface area (Å²) < 4.78 is 0. The summed E-state index contributed by atoms with van der Waals surface area (Å²) in [7, 11) is 0. The van der Waals surface area contributed by atoms with Crippen molar-refractivity contribution < 1.29 is 9.59 Å². The van der Waals surface area contributed by atoms with E-state index in [1.54, 1.807) is 0 Å². The Kier molecular flexibility index (Phi) is 5.38. The summed E-state index contributed by atoms with van der Waals surface area (Å²) in [5.41, 5.74) is 6.01. The van der Waals surface area contributed by atoms with E-state index in [9.17, 15) is 9.59 Å². The highest BCUT2D eigenvalue weighted by Gasteiger charge is 2.12. The van der Waals surface area contributed by atoms with E-state index in [0.29, 0.717) is 6.54 Å². The van der Waals surface area contributed by atoms with E-state index >= 15 is 0 Å². The van der Waals surface area contributed by atoms with E-state index in [2.05, 4.69) is 15.6 Å². The number of nitrogens with two attached hydrogens (primary N) is 1. The first-order valence-electron chi connectivity index (χ1n) is 5.50. The second kappa shape index (κ2) is 6.80. The van der Waals surface area contributed by atoms with Gasteiger partial charge in [0.15, 0.2) is 0 Å². The summed E-state index contributed by atoms with van der Waals surface area (Å²) in [6.07, 6.45) is 2.14. The number of hydrogen-bond acceptors (Lipinski definition) is 4. The van der Waals surface area contributed by atoms with Gasteiger partial charge in [-0.2, -0.15) is 0 Å². The van der Waals surface area contributed by atoms with Crippen molar-refractivity contribution in [2.45, 2.75) is 13.3 Å². The zero-order valence-corrected chi connectivity index (χ0v) is 10.8. The fraction of sp³-hybridized carbons (Fsp3) is 0.364. The number of aromatic nitrogens is 1. The predicted octanol–water partition coefficient (Wildman–Crippen LogP) is 0.573. The second-order valence-electron chi connectivity index (χ2n) is 3.63. The Labute approximate surface area is 110 Å². The minimum Gasteiger partial charge on any atom is -0.397 e. The van der Waals surface area contributed by atoms with Gasteiger partial charge in [0, 0.05) is 6.54 Å². The molecule has 1 rings (SSSR count). The Balaban J connectivity index is 2.55. The Morgan fingerprint density at radius 3 is 2.83 bits per heavy atom. The van der Waals surface area contributed by atoms with Crippen LogP contribution in [0, 0.1) is 0 Å². The molecule has 0 radical (unpaired) electrons. The molecular formula is C11H15ClN4O2. The lowest BCUT2D eigenvalue weighted by atomic mass is 10.2. The quantitative estimate of drug-likeness (QED) is 0.682. The summed E-state index contributed by atoms with van der Waals surface area (Å²) in [5.74, 6) is -0.702. The minimum atomic E-state index is -0.455. The van der Waals surface area contributed by atoms with E-state index in [1.165, 1.54) is 12.3 Å². The molecule has 0 aliphatic rings. The maximum absolute atomic E-state index is 11.7. The Morgan fingerprint density at radius 1 is 1.44 bits per heavy atom. The molecule has 18 heavy (non-hydrogen) atoms. The fourth-order valence-electron chi connectivity index (χ4n) is 1.22. The summed E-state index contributed by atoms with van der Waals surface area (Å²) in [6.45, 7) is 2.43. The van der Waals surface area contributed by atoms with Crippen LogP contribution in [0.25, 0.3) is 0 Å². The number of nitrogen functional groups attached to an aromatic ring is 1. The molecule has 6 nitrogen and oxygen atoms in total. The van der Waals surface area contributed by atoms with Gasteiger partial charge in [-0.05, 0) is 12.5 Å². The second-order valence-corrected chi connectivity index (χ2v) is 4.01. The average Bonchev–Trinajstić information content (AvgIpc) is 2.36. The zero-order valence-electron chi connectivity index (χ0n) is 10.00. The van der Waals surface area contributed by atoms with Crippen LogP contribution in [-0.2, 0) is 4.79 Å². The van der Waals surface area contributed by atoms with Crippen LogP contribution >= 0.6 is 11.6 Å². The van der Waals surface area contributed by atoms with Gasteiger partial charge < -0.3 is 16.4 Å². The Hall–Kier alpha value is -1.82. The van der Waals surface area contributed by atoms with Gasteiger partial charge in [-0.3, -0.25) is 9.59 Å². The molecule has 1 heterocycles. The van der Waals surface area contributed by atoms with Crippen LogP contribution in [0.2, 0.25) is 5.15 Å². The highest BCUT2D eigenvalue weighted by molar-refractivity contribution is 6.29. The van der Waals surface area contributed by atoms with Gasteiger partial charge in [-0.1, -0.05) is 18.5 Å². The predicted molar refractivity (Wildman–Crippen MR) is 69.3 cm³/mol. The summed E-state index contributed by atoms with van der Waals surface area (Å²) >= 11 is 5.67. The van der Waals surface area contributed by atoms with Crippen molar-refractivity contribution >= 4 is 29.1 Å². The van der Waals surface area contributed by atoms with E-state index < -0.39 is 5.91 Å². The van der Waals surface area contributed by atoms with Gasteiger partial charge in [0.05, 0.1) is 24.0 Å². The van der Waals surface area contributed by atoms with Gasteiger partial charge in [0.2, 0.25) is 5.91 Å². The molecule has 7 heteroatoms. The number of carbonyl (C=O) groups excluding carboxylic acids is 2. The first-order chi connectivity index (χ1) is 8.54. The first kappa shape index (κ1) is 14.2. The lowest BCUT2D eigenvalue weighted by molar-refractivity contribution is -0.120. The molecule has 98 valence electrons. The molecule has 1 aromatic heterocycles. The fourth-order valence-corrected chi connectivity index (χ4v) is 1.38. The summed E-state index contributed by atoms with van der Waals surface area (Å²) in [4.78, 5) is 26.8. The van der Waals surface area contributed by atoms with Gasteiger partial charge in [0.25, 0.3) is 5.91 Å². The van der Waals surface area contributed by atoms with Crippen molar-refractivity contribution in [3.63, 3.8) is 0 Å². The molecule has 0 bridgehead atoms. The van der Waals surface area contributed by atoms with Crippen LogP contribution in [-0.4, -0.2) is 29.9 Å². The molecule has 4 N–H and O–H groups in total. The van der Waals surface area contributed by atoms with Gasteiger partial charge in [0.1, 0.15) is 5.15 Å². The number of amides is 2. The first-order valence-corrected chi connectivity index (χ1v) is 5.88. The van der Waals surface area contributed by atoms with Crippen molar-refractivity contribution in [1.29, 1.82) is 0 Å². The molecule has 0 saturated heterocycles. The highest BCUT2D eigenvalue weighted by Crippen LogP contribution is 2.14. The molecule has 0 aliphatic carbocycles. The lowest BCUT2D eigenvalue weighted by Crippen LogP contribution is -2.37. The number of halogens is 1. The normalized spacial score (nSPS) is 9.89. The van der Waals surface area contributed by atoms with Crippen LogP contribution < -0.4 is 16.4 Å². The topological polar surface area (TPSA) is 97.1 Å². The number of nitrogens with one attached hydrogen (secondary N) is 2. The van der Waals surface area contributed by atoms with Gasteiger partial charge >= 0.3 is 0 Å². The third kappa shape index (κ3) is 4.21. The van der Waals surface area contributed by atoms with E-state index in [4.69, 9.17) is 17.3 Å². The van der Waals surface area contributed by atoms with Crippen LogP contribution in [0.3, 0.4) is 0 Å². The molecule has 0 spiro atoms. The summed E-state index contributed by atoms with van der Waals surface area (Å²) in [6, 6.07) is 1.36. The third-order valence-electron chi connectivity index (χ3n) is 2.13. The Bertz CT molecular complexity index is 451. The molecule has 0 fully saturated rings. The smallest absolute Gasteiger partial charge is 0.253 e. The number of anilines is 1. The molecule has 0 atom stereocenters. The van der Waals surface area contributed by atoms with E-state index in [1.807, 2.05) is 6.92 Å². The minimum absolute atomic E-state index is 0.0990. The molecule has 0 aliphatic heterocycles. The lowest BCUT2D eigenvalue weighted by Gasteiger charge is -2.07. The number of hydrogen-bond donors (Lipinski definition) is 3. The largest absolute Gasteiger partial charge is 0.397 e.